The van der Waals surface area contributed by atoms with Crippen molar-refractivity contribution in [3.63, 3.8) is 0 Å². The van der Waals surface area contributed by atoms with Crippen molar-refractivity contribution in [2.24, 2.45) is 0 Å². The molecule has 0 radical (unpaired) electrons. The number of fused-ring (bicyclic) bond motifs is 1. The summed E-state index contributed by atoms with van der Waals surface area (Å²) < 4.78 is 0.976. The first-order valence-corrected chi connectivity index (χ1v) is 6.36. The fraction of sp³-hybridized carbons (Fsp3) is 0.357. The van der Waals surface area contributed by atoms with Crippen LogP contribution in [0.3, 0.4) is 0 Å². The van der Waals surface area contributed by atoms with Crippen molar-refractivity contribution >= 4 is 26.8 Å². The van der Waals surface area contributed by atoms with E-state index in [-0.39, 0.29) is 0 Å². The molecule has 0 atom stereocenters. The molecule has 0 saturated heterocycles. The van der Waals surface area contributed by atoms with E-state index in [9.17, 15) is 0 Å². The second-order valence-corrected chi connectivity index (χ2v) is 5.37. The molecule has 0 amide bonds. The minimum atomic E-state index is 0.492. The normalized spacial score (nSPS) is 11.4. The quantitative estimate of drug-likeness (QED) is 0.687. The van der Waals surface area contributed by atoms with E-state index >= 15 is 0 Å². The van der Waals surface area contributed by atoms with Crippen LogP contribution >= 0.6 is 15.9 Å². The van der Waals surface area contributed by atoms with Crippen molar-refractivity contribution in [2.45, 2.75) is 33.6 Å². The van der Waals surface area contributed by atoms with Crippen molar-refractivity contribution in [3.05, 3.63) is 39.5 Å². The van der Waals surface area contributed by atoms with Gasteiger partial charge in [0.15, 0.2) is 0 Å². The topological polar surface area (TPSA) is 12.9 Å². The molecule has 1 aromatic carbocycles. The fourth-order valence-electron chi connectivity index (χ4n) is 1.93. The molecule has 16 heavy (non-hydrogen) atoms. The summed E-state index contributed by atoms with van der Waals surface area (Å²) in [5, 5.41) is 1.27. The summed E-state index contributed by atoms with van der Waals surface area (Å²) in [6, 6.07) is 6.56. The molecule has 1 heterocycles. The third kappa shape index (κ3) is 1.86. The minimum absolute atomic E-state index is 0.492. The Balaban J connectivity index is 2.84. The Bertz CT molecular complexity index is 544. The summed E-state index contributed by atoms with van der Waals surface area (Å²) in [7, 11) is 0. The molecule has 1 nitrogen and oxygen atoms in total. The number of aromatic nitrogens is 1. The van der Waals surface area contributed by atoms with Crippen LogP contribution in [-0.4, -0.2) is 4.98 Å². The number of aryl methyl sites for hydroxylation is 2. The van der Waals surface area contributed by atoms with Gasteiger partial charge in [-0.1, -0.05) is 26.0 Å². The van der Waals surface area contributed by atoms with Crippen LogP contribution in [0.5, 0.6) is 0 Å². The number of hydrogen-bond donors (Lipinski definition) is 0. The number of halogens is 1. The lowest BCUT2D eigenvalue weighted by Crippen LogP contribution is -1.95. The van der Waals surface area contributed by atoms with Crippen molar-refractivity contribution in [2.75, 3.05) is 0 Å². The standard InChI is InChI=1S/C14H16BrN/c1-8(2)11-7-12-9(3)5-6-10(4)13(12)16-14(11)15/h5-8H,1-4H3. The van der Waals surface area contributed by atoms with Gasteiger partial charge in [-0.2, -0.15) is 0 Å². The van der Waals surface area contributed by atoms with Gasteiger partial charge < -0.3 is 0 Å². The average Bonchev–Trinajstić information content (AvgIpc) is 2.23. The molecule has 84 valence electrons. The summed E-state index contributed by atoms with van der Waals surface area (Å²) in [6.07, 6.45) is 0. The first-order valence-electron chi connectivity index (χ1n) is 5.57. The highest BCUT2D eigenvalue weighted by Gasteiger charge is 2.10. The van der Waals surface area contributed by atoms with Gasteiger partial charge in [0, 0.05) is 5.39 Å². The van der Waals surface area contributed by atoms with Crippen LogP contribution < -0.4 is 0 Å². The summed E-state index contributed by atoms with van der Waals surface area (Å²) in [5.74, 6) is 0.492. The first-order chi connectivity index (χ1) is 7.50. The van der Waals surface area contributed by atoms with Gasteiger partial charge in [-0.3, -0.25) is 0 Å². The molecule has 0 aliphatic carbocycles. The minimum Gasteiger partial charge on any atom is -0.240 e. The van der Waals surface area contributed by atoms with E-state index in [0.29, 0.717) is 5.92 Å². The molecule has 0 aliphatic heterocycles. The molecule has 1 aromatic heterocycles. The lowest BCUT2D eigenvalue weighted by atomic mass is 9.99. The highest BCUT2D eigenvalue weighted by Crippen LogP contribution is 2.29. The van der Waals surface area contributed by atoms with E-state index in [1.165, 1.54) is 22.1 Å². The smallest absolute Gasteiger partial charge is 0.110 e. The number of rotatable bonds is 1. The molecule has 0 saturated carbocycles. The average molecular weight is 278 g/mol. The highest BCUT2D eigenvalue weighted by atomic mass is 79.9. The summed E-state index contributed by atoms with van der Waals surface area (Å²) in [5.41, 5.74) is 4.91. The predicted octanol–water partition coefficient (Wildman–Crippen LogP) is 4.74. The van der Waals surface area contributed by atoms with E-state index in [0.717, 1.165) is 10.1 Å². The Hall–Kier alpha value is -0.890. The van der Waals surface area contributed by atoms with Crippen LogP contribution in [0.15, 0.2) is 22.8 Å². The molecule has 0 fully saturated rings. The molecule has 2 rings (SSSR count). The number of benzene rings is 1. The van der Waals surface area contributed by atoms with Gasteiger partial charge in [0.25, 0.3) is 0 Å². The lowest BCUT2D eigenvalue weighted by molar-refractivity contribution is 0.853. The zero-order chi connectivity index (χ0) is 11.9. The maximum Gasteiger partial charge on any atom is 0.110 e. The summed E-state index contributed by atoms with van der Waals surface area (Å²) in [4.78, 5) is 4.67. The van der Waals surface area contributed by atoms with Crippen molar-refractivity contribution in [3.8, 4) is 0 Å². The predicted molar refractivity (Wildman–Crippen MR) is 73.0 cm³/mol. The third-order valence-corrected chi connectivity index (χ3v) is 3.64. The van der Waals surface area contributed by atoms with E-state index < -0.39 is 0 Å². The lowest BCUT2D eigenvalue weighted by Gasteiger charge is -2.12. The van der Waals surface area contributed by atoms with Crippen molar-refractivity contribution < 1.29 is 0 Å². The number of hydrogen-bond acceptors (Lipinski definition) is 1. The van der Waals surface area contributed by atoms with Crippen molar-refractivity contribution in [1.82, 2.24) is 4.98 Å². The van der Waals surface area contributed by atoms with E-state index in [1.54, 1.807) is 0 Å². The Morgan fingerprint density at radius 3 is 2.38 bits per heavy atom. The van der Waals surface area contributed by atoms with Gasteiger partial charge in [0.2, 0.25) is 0 Å². The molecule has 2 aromatic rings. The van der Waals surface area contributed by atoms with Gasteiger partial charge in [-0.15, -0.1) is 0 Å². The monoisotopic (exact) mass is 277 g/mol. The van der Waals surface area contributed by atoms with Gasteiger partial charge in [0.1, 0.15) is 4.60 Å². The molecule has 2 heteroatoms. The Morgan fingerprint density at radius 1 is 1.12 bits per heavy atom. The van der Waals surface area contributed by atoms with Crippen LogP contribution in [0.4, 0.5) is 0 Å². The molecule has 0 unspecified atom stereocenters. The van der Waals surface area contributed by atoms with Crippen LogP contribution in [0.2, 0.25) is 0 Å². The molecular formula is C14H16BrN. The maximum absolute atomic E-state index is 4.67. The molecule has 0 spiro atoms. The highest BCUT2D eigenvalue weighted by molar-refractivity contribution is 9.10. The number of nitrogens with zero attached hydrogens (tertiary/aromatic N) is 1. The molecule has 0 N–H and O–H groups in total. The summed E-state index contributed by atoms with van der Waals surface area (Å²) in [6.45, 7) is 8.63. The first kappa shape index (κ1) is 11.6. The second kappa shape index (κ2) is 4.17. The van der Waals surface area contributed by atoms with Gasteiger partial charge in [-0.05, 0) is 58.5 Å². The van der Waals surface area contributed by atoms with E-state index in [1.807, 2.05) is 0 Å². The Labute approximate surface area is 105 Å². The van der Waals surface area contributed by atoms with E-state index in [4.69, 9.17) is 0 Å². The molecular weight excluding hydrogens is 262 g/mol. The number of pyridine rings is 1. The van der Waals surface area contributed by atoms with Crippen LogP contribution in [0.1, 0.15) is 36.5 Å². The second-order valence-electron chi connectivity index (χ2n) is 4.62. The van der Waals surface area contributed by atoms with Crippen LogP contribution in [0, 0.1) is 13.8 Å². The van der Waals surface area contributed by atoms with Gasteiger partial charge in [-0.25, -0.2) is 4.98 Å². The summed E-state index contributed by atoms with van der Waals surface area (Å²) >= 11 is 3.57. The third-order valence-electron chi connectivity index (χ3n) is 3.01. The fourth-order valence-corrected chi connectivity index (χ4v) is 2.68. The van der Waals surface area contributed by atoms with E-state index in [2.05, 4.69) is 66.8 Å². The van der Waals surface area contributed by atoms with Crippen LogP contribution in [-0.2, 0) is 0 Å². The van der Waals surface area contributed by atoms with Crippen molar-refractivity contribution in [1.29, 1.82) is 0 Å². The zero-order valence-electron chi connectivity index (χ0n) is 10.1. The molecule has 0 aliphatic rings. The maximum atomic E-state index is 4.67. The Morgan fingerprint density at radius 2 is 1.75 bits per heavy atom. The van der Waals surface area contributed by atoms with Crippen LogP contribution in [0.25, 0.3) is 10.9 Å². The van der Waals surface area contributed by atoms with Gasteiger partial charge in [0.05, 0.1) is 5.52 Å². The largest absolute Gasteiger partial charge is 0.240 e. The Kier molecular flexibility index (Phi) is 3.02. The zero-order valence-corrected chi connectivity index (χ0v) is 11.7. The van der Waals surface area contributed by atoms with Gasteiger partial charge >= 0.3 is 0 Å². The SMILES string of the molecule is Cc1ccc(C)c2nc(Br)c(C(C)C)cc12. The molecule has 0 bridgehead atoms.